The molecular weight excluding hydrogens is 275 g/mol. The molecule has 0 unspecified atom stereocenters. The van der Waals surface area contributed by atoms with Crippen molar-refractivity contribution in [2.75, 3.05) is 7.11 Å². The normalized spacial score (nSPS) is 14.6. The van der Waals surface area contributed by atoms with Crippen molar-refractivity contribution >= 4 is 12.4 Å². The topological polar surface area (TPSA) is 75.7 Å². The van der Waals surface area contributed by atoms with Crippen molar-refractivity contribution in [1.82, 2.24) is 0 Å². The van der Waals surface area contributed by atoms with Gasteiger partial charge in [0.15, 0.2) is 17.6 Å². The number of methoxy groups -OCH3 is 1. The number of alkyl halides is 3. The fourth-order valence-electron chi connectivity index (χ4n) is 1.30. The molecule has 0 aliphatic heterocycles. The number of rotatable bonds is 3. The molecule has 4 N–H and O–H groups in total. The Labute approximate surface area is 108 Å². The number of benzene rings is 1. The smallest absolute Gasteiger partial charge is 0.416 e. The van der Waals surface area contributed by atoms with Gasteiger partial charge in [0, 0.05) is 0 Å². The van der Waals surface area contributed by atoms with Gasteiger partial charge < -0.3 is 20.7 Å². The molecule has 0 bridgehead atoms. The van der Waals surface area contributed by atoms with Gasteiger partial charge in [0.25, 0.3) is 0 Å². The van der Waals surface area contributed by atoms with Crippen LogP contribution in [0.25, 0.3) is 0 Å². The van der Waals surface area contributed by atoms with Crippen LogP contribution < -0.4 is 10.5 Å². The van der Waals surface area contributed by atoms with Crippen LogP contribution in [-0.4, -0.2) is 29.6 Å². The first-order chi connectivity index (χ1) is 7.77. The number of hydrogen-bond acceptors (Lipinski definition) is 4. The summed E-state index contributed by atoms with van der Waals surface area (Å²) in [5.74, 6) is -0.225. The third-order valence-corrected chi connectivity index (χ3v) is 2.26. The lowest BCUT2D eigenvalue weighted by Gasteiger charge is -2.21. The molecule has 0 spiro atoms. The summed E-state index contributed by atoms with van der Waals surface area (Å²) in [5, 5.41) is 18.3. The van der Waals surface area contributed by atoms with Crippen molar-refractivity contribution in [3.63, 3.8) is 0 Å². The molecule has 0 fully saturated rings. The van der Waals surface area contributed by atoms with Gasteiger partial charge in [0.05, 0.1) is 13.2 Å². The minimum atomic E-state index is -4.81. The average Bonchev–Trinajstić information content (AvgIpc) is 2.25. The summed E-state index contributed by atoms with van der Waals surface area (Å²) in [4.78, 5) is 0. The van der Waals surface area contributed by atoms with E-state index in [-0.39, 0.29) is 29.5 Å². The molecule has 2 atom stereocenters. The molecule has 0 aliphatic rings. The number of aliphatic hydroxyl groups excluding tert-OH is 1. The SMILES string of the molecule is COc1ccc([C@@H](N)[C@@H](O)C(F)(F)F)cc1O.Cl. The number of hydrogen-bond donors (Lipinski definition) is 3. The quantitative estimate of drug-likeness (QED) is 0.791. The van der Waals surface area contributed by atoms with Gasteiger partial charge in [-0.05, 0) is 17.7 Å². The van der Waals surface area contributed by atoms with E-state index in [4.69, 9.17) is 15.6 Å². The lowest BCUT2D eigenvalue weighted by Crippen LogP contribution is -2.38. The second-order valence-electron chi connectivity index (χ2n) is 3.44. The molecule has 1 rings (SSSR count). The maximum absolute atomic E-state index is 12.2. The van der Waals surface area contributed by atoms with Gasteiger partial charge in [-0.1, -0.05) is 6.07 Å². The van der Waals surface area contributed by atoms with E-state index < -0.39 is 18.3 Å². The van der Waals surface area contributed by atoms with Crippen molar-refractivity contribution < 1.29 is 28.1 Å². The maximum atomic E-state index is 12.2. The van der Waals surface area contributed by atoms with Gasteiger partial charge in [-0.15, -0.1) is 12.4 Å². The minimum absolute atomic E-state index is 0. The number of nitrogens with two attached hydrogens (primary N) is 1. The predicted molar refractivity (Wildman–Crippen MR) is 60.9 cm³/mol. The van der Waals surface area contributed by atoms with E-state index >= 15 is 0 Å². The first kappa shape index (κ1) is 16.8. The van der Waals surface area contributed by atoms with E-state index in [2.05, 4.69) is 0 Å². The molecule has 4 nitrogen and oxygen atoms in total. The van der Waals surface area contributed by atoms with Crippen LogP contribution in [0.2, 0.25) is 0 Å². The van der Waals surface area contributed by atoms with E-state index in [1.807, 2.05) is 0 Å². The standard InChI is InChI=1S/C10H12F3NO3.ClH/c1-17-7-3-2-5(4-6(7)15)8(14)9(16)10(11,12)13;/h2-4,8-9,15-16H,14H2,1H3;1H/t8-,9-;/m1./s1. The fourth-order valence-corrected chi connectivity index (χ4v) is 1.30. The zero-order valence-corrected chi connectivity index (χ0v) is 10.1. The Morgan fingerprint density at radius 3 is 2.28 bits per heavy atom. The van der Waals surface area contributed by atoms with E-state index in [9.17, 15) is 18.3 Å². The summed E-state index contributed by atoms with van der Waals surface area (Å²) in [6, 6.07) is 1.89. The predicted octanol–water partition coefficient (Wildman–Crippen LogP) is 1.75. The summed E-state index contributed by atoms with van der Waals surface area (Å²) in [7, 11) is 1.30. The number of aromatic hydroxyl groups is 1. The van der Waals surface area contributed by atoms with Crippen LogP contribution >= 0.6 is 12.4 Å². The van der Waals surface area contributed by atoms with Crippen LogP contribution in [0.1, 0.15) is 11.6 Å². The van der Waals surface area contributed by atoms with E-state index in [0.717, 1.165) is 6.07 Å². The molecule has 0 aliphatic carbocycles. The summed E-state index contributed by atoms with van der Waals surface area (Å²) in [5.41, 5.74) is 5.23. The van der Waals surface area contributed by atoms with Crippen LogP contribution in [0.3, 0.4) is 0 Å². The van der Waals surface area contributed by atoms with E-state index in [0.29, 0.717) is 0 Å². The Hall–Kier alpha value is -1.18. The second kappa shape index (κ2) is 6.12. The highest BCUT2D eigenvalue weighted by Crippen LogP contribution is 2.33. The van der Waals surface area contributed by atoms with Crippen molar-refractivity contribution in [3.05, 3.63) is 23.8 Å². The number of halogens is 4. The maximum Gasteiger partial charge on any atom is 0.416 e. The molecule has 0 radical (unpaired) electrons. The van der Waals surface area contributed by atoms with Crippen LogP contribution in [0, 0.1) is 0 Å². The highest BCUT2D eigenvalue weighted by Gasteiger charge is 2.42. The van der Waals surface area contributed by atoms with Crippen LogP contribution in [0.5, 0.6) is 11.5 Å². The molecule has 8 heteroatoms. The Morgan fingerprint density at radius 1 is 1.33 bits per heavy atom. The first-order valence-electron chi connectivity index (χ1n) is 4.64. The number of aliphatic hydroxyl groups is 1. The summed E-state index contributed by atoms with van der Waals surface area (Å²) in [6.07, 6.45) is -7.50. The summed E-state index contributed by atoms with van der Waals surface area (Å²) >= 11 is 0. The molecule has 104 valence electrons. The van der Waals surface area contributed by atoms with Crippen molar-refractivity contribution in [2.24, 2.45) is 5.73 Å². The Balaban J connectivity index is 0.00000289. The third-order valence-electron chi connectivity index (χ3n) is 2.26. The first-order valence-corrected chi connectivity index (χ1v) is 4.64. The second-order valence-corrected chi connectivity index (χ2v) is 3.44. The highest BCUT2D eigenvalue weighted by atomic mass is 35.5. The zero-order valence-electron chi connectivity index (χ0n) is 9.31. The Morgan fingerprint density at radius 2 is 1.89 bits per heavy atom. The Bertz CT molecular complexity index is 400. The highest BCUT2D eigenvalue weighted by molar-refractivity contribution is 5.85. The molecular formula is C10H13ClF3NO3. The molecule has 0 aromatic heterocycles. The number of phenols is 1. The molecule has 1 aromatic carbocycles. The van der Waals surface area contributed by atoms with Crippen molar-refractivity contribution in [3.8, 4) is 11.5 Å². The lowest BCUT2D eigenvalue weighted by molar-refractivity contribution is -0.210. The molecule has 18 heavy (non-hydrogen) atoms. The van der Waals surface area contributed by atoms with Gasteiger partial charge in [-0.3, -0.25) is 0 Å². The van der Waals surface area contributed by atoms with Crippen LogP contribution in [0.15, 0.2) is 18.2 Å². The lowest BCUT2D eigenvalue weighted by atomic mass is 10.0. The number of phenolic OH excluding ortho intramolecular Hbond substituents is 1. The van der Waals surface area contributed by atoms with Gasteiger partial charge in [-0.25, -0.2) is 0 Å². The van der Waals surface area contributed by atoms with Gasteiger partial charge in [-0.2, -0.15) is 13.2 Å². The summed E-state index contributed by atoms with van der Waals surface area (Å²) < 4.78 is 41.4. The van der Waals surface area contributed by atoms with Crippen LogP contribution in [0.4, 0.5) is 13.2 Å². The molecule has 0 saturated heterocycles. The van der Waals surface area contributed by atoms with Gasteiger partial charge in [0.2, 0.25) is 0 Å². The molecule has 0 amide bonds. The third kappa shape index (κ3) is 3.66. The minimum Gasteiger partial charge on any atom is -0.504 e. The fraction of sp³-hybridized carbons (Fsp3) is 0.400. The van der Waals surface area contributed by atoms with Crippen molar-refractivity contribution in [1.29, 1.82) is 0 Å². The number of ether oxygens (including phenoxy) is 1. The Kier molecular flexibility index (Phi) is 5.72. The molecule has 0 heterocycles. The molecule has 0 saturated carbocycles. The van der Waals surface area contributed by atoms with E-state index in [1.165, 1.54) is 19.2 Å². The van der Waals surface area contributed by atoms with Crippen LogP contribution in [-0.2, 0) is 0 Å². The van der Waals surface area contributed by atoms with Gasteiger partial charge >= 0.3 is 6.18 Å². The monoisotopic (exact) mass is 287 g/mol. The summed E-state index contributed by atoms with van der Waals surface area (Å²) in [6.45, 7) is 0. The average molecular weight is 288 g/mol. The van der Waals surface area contributed by atoms with Gasteiger partial charge in [0.1, 0.15) is 0 Å². The van der Waals surface area contributed by atoms with Crippen molar-refractivity contribution in [2.45, 2.75) is 18.3 Å². The molecule has 1 aromatic rings. The van der Waals surface area contributed by atoms with E-state index in [1.54, 1.807) is 0 Å². The largest absolute Gasteiger partial charge is 0.504 e. The zero-order chi connectivity index (χ0) is 13.2.